The molecule has 3 fully saturated rings. The van der Waals surface area contributed by atoms with Crippen molar-refractivity contribution in [1.29, 1.82) is 0 Å². The van der Waals surface area contributed by atoms with Crippen LogP contribution in [0.25, 0.3) is 33.1 Å². The molecule has 3 aromatic heterocycles. The van der Waals surface area contributed by atoms with Crippen molar-refractivity contribution in [2.75, 3.05) is 25.4 Å². The lowest BCUT2D eigenvalue weighted by Crippen LogP contribution is -2.54. The number of hydrogen-bond donors (Lipinski definition) is 3. The molecule has 1 aliphatic heterocycles. The monoisotopic (exact) mass is 507 g/mol. The summed E-state index contributed by atoms with van der Waals surface area (Å²) >= 11 is 0. The molecule has 1 aromatic carbocycles. The number of hydrogen-bond acceptors (Lipinski definition) is 7. The van der Waals surface area contributed by atoms with Crippen molar-refractivity contribution in [3.63, 3.8) is 0 Å². The van der Waals surface area contributed by atoms with Crippen molar-refractivity contribution in [3.8, 4) is 23.5 Å². The fourth-order valence-electron chi connectivity index (χ4n) is 6.95. The van der Waals surface area contributed by atoms with Crippen LogP contribution in [-0.4, -0.2) is 56.8 Å². The first-order valence-corrected chi connectivity index (χ1v) is 13.1. The van der Waals surface area contributed by atoms with Gasteiger partial charge in [0.05, 0.1) is 17.5 Å². The Morgan fingerprint density at radius 1 is 1.21 bits per heavy atom. The molecule has 2 aliphatic carbocycles. The fourth-order valence-corrected chi connectivity index (χ4v) is 6.95. The SMILES string of the molecule is C#Cc1c(-c2cnc3ccccc3c2)c2c(N)ncnc2n1C12CCC(NC(=O)[C@@H]3CNCCO3)(CC1)C2. The summed E-state index contributed by atoms with van der Waals surface area (Å²) in [5.74, 6) is 3.33. The number of nitrogen functional groups attached to an aromatic ring is 1. The number of carbonyl (C=O) groups is 1. The highest BCUT2D eigenvalue weighted by molar-refractivity contribution is 6.04. The predicted molar refractivity (Wildman–Crippen MR) is 145 cm³/mol. The van der Waals surface area contributed by atoms with Crippen LogP contribution in [0.5, 0.6) is 0 Å². The van der Waals surface area contributed by atoms with Crippen molar-refractivity contribution < 1.29 is 9.53 Å². The van der Waals surface area contributed by atoms with E-state index in [1.807, 2.05) is 30.5 Å². The standard InChI is InChI=1S/C29H29N7O2/c1-2-21-23(19-13-18-5-3-4-6-20(18)32-14-19)24-25(30)33-17-34-26(24)36(21)29-9-7-28(16-29,8-10-29)35-27(37)22-15-31-11-12-38-22/h1,3-6,13-14,17,22,31H,7-12,15-16H2,(H,35,37)(H2,30,33,34)/t22-,28?,29?/m0/s1. The number of amides is 1. The molecule has 0 unspecified atom stereocenters. The Bertz CT molecular complexity index is 1620. The zero-order chi connectivity index (χ0) is 25.9. The largest absolute Gasteiger partial charge is 0.383 e. The lowest BCUT2D eigenvalue weighted by atomic mass is 9.90. The van der Waals surface area contributed by atoms with E-state index in [1.165, 1.54) is 6.33 Å². The number of morpholine rings is 1. The van der Waals surface area contributed by atoms with Crippen LogP contribution in [0.2, 0.25) is 0 Å². The summed E-state index contributed by atoms with van der Waals surface area (Å²) in [6.07, 6.45) is 13.4. The Morgan fingerprint density at radius 3 is 2.84 bits per heavy atom. The molecule has 1 saturated heterocycles. The van der Waals surface area contributed by atoms with E-state index >= 15 is 0 Å². The van der Waals surface area contributed by atoms with Crippen molar-refractivity contribution in [1.82, 2.24) is 30.2 Å². The van der Waals surface area contributed by atoms with Crippen LogP contribution in [0, 0.1) is 12.3 Å². The van der Waals surface area contributed by atoms with E-state index in [9.17, 15) is 4.79 Å². The number of nitrogens with two attached hydrogens (primary N) is 1. The second-order valence-electron chi connectivity index (χ2n) is 10.8. The highest BCUT2D eigenvalue weighted by Gasteiger charge is 2.57. The molecule has 9 heteroatoms. The third-order valence-electron chi connectivity index (χ3n) is 8.68. The third-order valence-corrected chi connectivity index (χ3v) is 8.68. The number of nitrogens with zero attached hydrogens (tertiary/aromatic N) is 4. The van der Waals surface area contributed by atoms with Gasteiger partial charge in [0.1, 0.15) is 29.6 Å². The van der Waals surface area contributed by atoms with Crippen LogP contribution >= 0.6 is 0 Å². The molecule has 9 nitrogen and oxygen atoms in total. The molecule has 3 aliphatic rings. The molecule has 4 N–H and O–H groups in total. The maximum atomic E-state index is 13.1. The van der Waals surface area contributed by atoms with E-state index in [0.29, 0.717) is 19.0 Å². The van der Waals surface area contributed by atoms with Gasteiger partial charge in [-0.1, -0.05) is 24.1 Å². The van der Waals surface area contributed by atoms with Gasteiger partial charge in [0.15, 0.2) is 0 Å². The third kappa shape index (κ3) is 3.41. The van der Waals surface area contributed by atoms with Gasteiger partial charge in [-0.2, -0.15) is 0 Å². The quantitative estimate of drug-likeness (QED) is 0.363. The van der Waals surface area contributed by atoms with Gasteiger partial charge in [0, 0.05) is 46.9 Å². The lowest BCUT2D eigenvalue weighted by Gasteiger charge is -2.32. The summed E-state index contributed by atoms with van der Waals surface area (Å²) < 4.78 is 7.92. The van der Waals surface area contributed by atoms with Crippen LogP contribution in [0.1, 0.15) is 37.8 Å². The number of rotatable bonds is 4. The minimum Gasteiger partial charge on any atom is -0.383 e. The van der Waals surface area contributed by atoms with E-state index in [0.717, 1.165) is 77.4 Å². The van der Waals surface area contributed by atoms with Gasteiger partial charge in [-0.25, -0.2) is 9.97 Å². The number of carbonyl (C=O) groups excluding carboxylic acids is 1. The Morgan fingerprint density at radius 2 is 2.05 bits per heavy atom. The van der Waals surface area contributed by atoms with Gasteiger partial charge in [0.2, 0.25) is 0 Å². The molecule has 4 aromatic rings. The number of pyridine rings is 1. The summed E-state index contributed by atoms with van der Waals surface area (Å²) in [6, 6.07) is 10.1. The van der Waals surface area contributed by atoms with Gasteiger partial charge in [-0.15, -0.1) is 6.42 Å². The normalized spacial score (nSPS) is 26.6. The minimum atomic E-state index is -0.457. The molecule has 1 amide bonds. The van der Waals surface area contributed by atoms with E-state index in [-0.39, 0.29) is 17.0 Å². The summed E-state index contributed by atoms with van der Waals surface area (Å²) in [6.45, 7) is 1.85. The summed E-state index contributed by atoms with van der Waals surface area (Å²) in [5, 5.41) is 8.38. The van der Waals surface area contributed by atoms with Crippen LogP contribution in [0.3, 0.4) is 0 Å². The zero-order valence-corrected chi connectivity index (χ0v) is 21.0. The van der Waals surface area contributed by atoms with Crippen molar-refractivity contribution in [2.24, 2.45) is 0 Å². The average Bonchev–Trinajstić information content (AvgIpc) is 3.62. The number of nitrogens with one attached hydrogen (secondary N) is 2. The van der Waals surface area contributed by atoms with Crippen LogP contribution in [0.4, 0.5) is 5.82 Å². The molecule has 7 rings (SSSR count). The number of benzene rings is 1. The van der Waals surface area contributed by atoms with E-state index in [4.69, 9.17) is 21.9 Å². The fraction of sp³-hybridized carbons (Fsp3) is 0.379. The molecule has 192 valence electrons. The second kappa shape index (κ2) is 8.51. The predicted octanol–water partition coefficient (Wildman–Crippen LogP) is 2.73. The van der Waals surface area contributed by atoms with Gasteiger partial charge in [0.25, 0.3) is 5.91 Å². The summed E-state index contributed by atoms with van der Waals surface area (Å²) in [7, 11) is 0. The Balaban J connectivity index is 1.34. The first kappa shape index (κ1) is 23.1. The number of aromatic nitrogens is 4. The average molecular weight is 508 g/mol. The number of anilines is 1. The first-order chi connectivity index (χ1) is 18.5. The van der Waals surface area contributed by atoms with Crippen LogP contribution < -0.4 is 16.4 Å². The highest BCUT2D eigenvalue weighted by Crippen LogP contribution is 2.57. The number of para-hydroxylation sites is 1. The van der Waals surface area contributed by atoms with Crippen molar-refractivity contribution in [2.45, 2.75) is 49.3 Å². The molecule has 2 saturated carbocycles. The van der Waals surface area contributed by atoms with Gasteiger partial charge < -0.3 is 25.7 Å². The smallest absolute Gasteiger partial charge is 0.250 e. The van der Waals surface area contributed by atoms with Gasteiger partial charge in [-0.05, 0) is 44.2 Å². The van der Waals surface area contributed by atoms with Crippen molar-refractivity contribution in [3.05, 3.63) is 48.5 Å². The van der Waals surface area contributed by atoms with Gasteiger partial charge in [-0.3, -0.25) is 9.78 Å². The Labute approximate surface area is 220 Å². The Kier molecular flexibility index (Phi) is 5.18. The molecule has 0 radical (unpaired) electrons. The minimum absolute atomic E-state index is 0.0427. The van der Waals surface area contributed by atoms with Gasteiger partial charge >= 0.3 is 0 Å². The maximum Gasteiger partial charge on any atom is 0.250 e. The van der Waals surface area contributed by atoms with Crippen LogP contribution in [0.15, 0.2) is 42.9 Å². The molecular formula is C29H29N7O2. The molecule has 38 heavy (non-hydrogen) atoms. The van der Waals surface area contributed by atoms with Crippen LogP contribution in [-0.2, 0) is 15.1 Å². The van der Waals surface area contributed by atoms with Crippen molar-refractivity contribution >= 4 is 33.7 Å². The van der Waals surface area contributed by atoms with E-state index < -0.39 is 6.10 Å². The van der Waals surface area contributed by atoms with E-state index in [2.05, 4.69) is 37.2 Å². The first-order valence-electron chi connectivity index (χ1n) is 13.1. The topological polar surface area (TPSA) is 120 Å². The molecule has 2 bridgehead atoms. The second-order valence-corrected chi connectivity index (χ2v) is 10.8. The summed E-state index contributed by atoms with van der Waals surface area (Å²) in [4.78, 5) is 26.8. The van der Waals surface area contributed by atoms with E-state index in [1.54, 1.807) is 0 Å². The zero-order valence-electron chi connectivity index (χ0n) is 21.0. The number of fused-ring (bicyclic) bond motifs is 4. The molecular weight excluding hydrogens is 478 g/mol. The molecule has 0 spiro atoms. The number of ether oxygens (including phenoxy) is 1. The Hall–Kier alpha value is -4.00. The maximum absolute atomic E-state index is 13.1. The highest BCUT2D eigenvalue weighted by atomic mass is 16.5. The number of terminal acetylenes is 1. The lowest BCUT2D eigenvalue weighted by molar-refractivity contribution is -0.136. The molecule has 4 heterocycles. The summed E-state index contributed by atoms with van der Waals surface area (Å²) in [5.41, 5.74) is 10.0. The molecule has 1 atom stereocenters.